The maximum atomic E-state index is 4.94. The Hall–Kier alpha value is 1.36. The van der Waals surface area contributed by atoms with Gasteiger partial charge >= 0.3 is 11.4 Å². The molecule has 0 amide bonds. The van der Waals surface area contributed by atoms with E-state index in [0.717, 1.165) is 0 Å². The van der Waals surface area contributed by atoms with E-state index in [-0.39, 0.29) is 5.48 Å². The summed E-state index contributed by atoms with van der Waals surface area (Å²) in [6.45, 7) is 0. The predicted octanol–water partition coefficient (Wildman–Crippen LogP) is 1.51. The van der Waals surface area contributed by atoms with Gasteiger partial charge in [0.1, 0.15) is 0 Å². The molecule has 0 aromatic rings. The Bertz CT molecular complexity index is 11.6. The monoisotopic (exact) mass is 149 g/mol. The van der Waals surface area contributed by atoms with Gasteiger partial charge in [0.25, 0.3) is 0 Å². The van der Waals surface area contributed by atoms with Gasteiger partial charge in [-0.1, -0.05) is 0 Å². The lowest BCUT2D eigenvalue weighted by Crippen LogP contribution is -1.66. The van der Waals surface area contributed by atoms with Crippen LogP contribution in [0.2, 0.25) is 0 Å². The van der Waals surface area contributed by atoms with Crippen LogP contribution >= 0.6 is 30.1 Å². The average Bonchev–Trinajstić information content (AvgIpc) is 0.811. The zero-order chi connectivity index (χ0) is 3.58. The van der Waals surface area contributed by atoms with Crippen LogP contribution in [0.15, 0.2) is 0 Å². The minimum atomic E-state index is -1.72. The summed E-state index contributed by atoms with van der Waals surface area (Å²) in [4.78, 5) is 0. The van der Waals surface area contributed by atoms with E-state index >= 15 is 0 Å². The first kappa shape index (κ1) is 9.61. The number of hydrogen-bond acceptors (Lipinski definition) is 1. The molecule has 0 aromatic carbocycles. The molecule has 0 saturated heterocycles. The lowest BCUT2D eigenvalue weighted by molar-refractivity contribution is 0.824. The molecule has 0 fully saturated rings. The van der Waals surface area contributed by atoms with Crippen LogP contribution in [0, 0.1) is 0 Å². The van der Waals surface area contributed by atoms with Crippen LogP contribution in [0.1, 0.15) is 0 Å². The predicted molar refractivity (Wildman–Crippen MR) is 25.2 cm³/mol. The summed E-state index contributed by atoms with van der Waals surface area (Å²) >= 11 is -1.72. The van der Waals surface area contributed by atoms with Crippen molar-refractivity contribution in [2.24, 2.45) is 0 Å². The zero-order valence-corrected chi connectivity index (χ0v) is 5.58. The molecular formula is HAlCl3O-. The van der Waals surface area contributed by atoms with Gasteiger partial charge in [-0.15, -0.1) is 0 Å². The van der Waals surface area contributed by atoms with Crippen LogP contribution in [0.5, 0.6) is 0 Å². The Balaban J connectivity index is 0. The number of rotatable bonds is 0. The van der Waals surface area contributed by atoms with Crippen LogP contribution in [0.25, 0.3) is 0 Å². The Labute approximate surface area is 47.1 Å². The highest BCUT2D eigenvalue weighted by molar-refractivity contribution is 7.54. The Morgan fingerprint density at radius 1 is 1.00 bits per heavy atom. The smallest absolute Gasteiger partial charge is 0.643 e. The van der Waals surface area contributed by atoms with Crippen molar-refractivity contribution in [3.63, 3.8) is 0 Å². The van der Waals surface area contributed by atoms with Gasteiger partial charge < -0.3 is 5.48 Å². The topological polar surface area (TPSA) is 30.0 Å². The molecule has 0 aromatic heterocycles. The minimum absolute atomic E-state index is 0. The Kier molecular flexibility index (Phi) is 10.3. The second-order valence-electron chi connectivity index (χ2n) is 0.247. The third-order valence-corrected chi connectivity index (χ3v) is 0. The van der Waals surface area contributed by atoms with Crippen molar-refractivity contribution < 1.29 is 5.48 Å². The van der Waals surface area contributed by atoms with Crippen molar-refractivity contribution in [3.8, 4) is 0 Å². The highest BCUT2D eigenvalue weighted by Gasteiger charge is 2.00. The van der Waals surface area contributed by atoms with Gasteiger partial charge in [0.15, 0.2) is 0 Å². The van der Waals surface area contributed by atoms with Gasteiger partial charge in [0, 0.05) is 0 Å². The summed E-state index contributed by atoms with van der Waals surface area (Å²) in [5.74, 6) is 0. The first-order chi connectivity index (χ1) is 1.73. The van der Waals surface area contributed by atoms with Gasteiger partial charge in [-0.05, 0) is 0 Å². The second-order valence-corrected chi connectivity index (χ2v) is 6.68. The van der Waals surface area contributed by atoms with Crippen molar-refractivity contribution in [2.45, 2.75) is 0 Å². The molecule has 1 nitrogen and oxygen atoms in total. The molecule has 5 heteroatoms. The molecule has 0 unspecified atom stereocenters. The fourth-order valence-corrected chi connectivity index (χ4v) is 0. The molecule has 32 valence electrons. The van der Waals surface area contributed by atoms with Crippen molar-refractivity contribution in [1.82, 2.24) is 0 Å². The molecule has 0 spiro atoms. The van der Waals surface area contributed by atoms with E-state index in [4.69, 9.17) is 30.1 Å². The van der Waals surface area contributed by atoms with Crippen molar-refractivity contribution in [2.75, 3.05) is 0 Å². The van der Waals surface area contributed by atoms with Crippen molar-refractivity contribution >= 4 is 41.5 Å². The SMILES string of the molecule is [Cl][Al]([Cl])[Cl].[OH-]. The molecule has 1 N–H and O–H groups in total. The van der Waals surface area contributed by atoms with Crippen LogP contribution in [0.3, 0.4) is 0 Å². The molecular weight excluding hydrogens is 149 g/mol. The fourth-order valence-electron chi connectivity index (χ4n) is 0. The molecule has 0 radical (unpaired) electrons. The summed E-state index contributed by atoms with van der Waals surface area (Å²) in [5, 5.41) is 0. The molecule has 0 aliphatic carbocycles. The second kappa shape index (κ2) is 5.36. The fraction of sp³-hybridized carbons (Fsp3) is 0. The van der Waals surface area contributed by atoms with E-state index in [2.05, 4.69) is 0 Å². The van der Waals surface area contributed by atoms with Crippen LogP contribution in [-0.4, -0.2) is 16.9 Å². The molecule has 0 bridgehead atoms. The molecule has 0 aliphatic rings. The Morgan fingerprint density at radius 3 is 1.00 bits per heavy atom. The van der Waals surface area contributed by atoms with E-state index in [0.29, 0.717) is 0 Å². The maximum Gasteiger partial charge on any atom is 0.643 e. The van der Waals surface area contributed by atoms with Gasteiger partial charge in [0.05, 0.1) is 0 Å². The van der Waals surface area contributed by atoms with Crippen LogP contribution in [-0.2, 0) is 0 Å². The highest BCUT2D eigenvalue weighted by Crippen LogP contribution is 1.97. The summed E-state index contributed by atoms with van der Waals surface area (Å²) in [5.41, 5.74) is 0. The van der Waals surface area contributed by atoms with E-state index in [1.54, 1.807) is 0 Å². The van der Waals surface area contributed by atoms with E-state index in [9.17, 15) is 0 Å². The Morgan fingerprint density at radius 2 is 1.00 bits per heavy atom. The normalized spacial score (nSPS) is 5.40. The first-order valence-corrected chi connectivity index (χ1v) is 5.89. The average molecular weight is 150 g/mol. The molecule has 0 heterocycles. The summed E-state index contributed by atoms with van der Waals surface area (Å²) in [7, 11) is 14.8. The van der Waals surface area contributed by atoms with Crippen LogP contribution in [0.4, 0.5) is 0 Å². The largest absolute Gasteiger partial charge is 0.870 e. The van der Waals surface area contributed by atoms with E-state index in [1.807, 2.05) is 0 Å². The third kappa shape index (κ3) is 32.7. The van der Waals surface area contributed by atoms with Gasteiger partial charge in [-0.3, -0.25) is 0 Å². The molecule has 0 aliphatic heterocycles. The summed E-state index contributed by atoms with van der Waals surface area (Å²) in [6.07, 6.45) is 0. The lowest BCUT2D eigenvalue weighted by Gasteiger charge is -1.57. The molecule has 0 saturated carbocycles. The van der Waals surface area contributed by atoms with Crippen LogP contribution < -0.4 is 0 Å². The van der Waals surface area contributed by atoms with Crippen molar-refractivity contribution in [3.05, 3.63) is 0 Å². The van der Waals surface area contributed by atoms with Crippen molar-refractivity contribution in [1.29, 1.82) is 0 Å². The molecule has 5 heavy (non-hydrogen) atoms. The maximum absolute atomic E-state index is 4.94. The summed E-state index contributed by atoms with van der Waals surface area (Å²) < 4.78 is 0. The highest BCUT2D eigenvalue weighted by atomic mass is 35.8. The standard InChI is InChI=1S/Al.3ClH.H2O/h;3*1H;1H2/q+3;;;;/p-4. The molecule has 0 rings (SSSR count). The van der Waals surface area contributed by atoms with Gasteiger partial charge in [-0.2, -0.15) is 0 Å². The zero-order valence-electron chi connectivity index (χ0n) is 2.16. The lowest BCUT2D eigenvalue weighted by atomic mass is 16.0. The molecule has 0 atom stereocenters. The quantitative estimate of drug-likeness (QED) is 0.481. The summed E-state index contributed by atoms with van der Waals surface area (Å²) in [6, 6.07) is 0. The van der Waals surface area contributed by atoms with E-state index in [1.165, 1.54) is 0 Å². The number of hydrogen-bond donors (Lipinski definition) is 0. The van der Waals surface area contributed by atoms with Gasteiger partial charge in [-0.25, -0.2) is 30.1 Å². The minimum Gasteiger partial charge on any atom is -0.870 e. The first-order valence-electron chi connectivity index (χ1n) is 0.655. The third-order valence-electron chi connectivity index (χ3n) is 0. The van der Waals surface area contributed by atoms with E-state index < -0.39 is 11.4 Å². The van der Waals surface area contributed by atoms with Gasteiger partial charge in [0.2, 0.25) is 0 Å². The number of halogens is 3.